The van der Waals surface area contributed by atoms with Crippen molar-refractivity contribution >= 4 is 18.5 Å². The van der Waals surface area contributed by atoms with Gasteiger partial charge in [-0.1, -0.05) is 6.07 Å². The smallest absolute Gasteiger partial charge is 0.324 e. The van der Waals surface area contributed by atoms with E-state index < -0.39 is 24.8 Å². The minimum atomic E-state index is -4.23. The molecular weight excluding hydrogens is 270 g/mol. The molecule has 0 spiro atoms. The highest BCUT2D eigenvalue weighted by molar-refractivity contribution is 7.80. The van der Waals surface area contributed by atoms with Gasteiger partial charge in [0.15, 0.2) is 0 Å². The third-order valence-electron chi connectivity index (χ3n) is 2.27. The van der Waals surface area contributed by atoms with Crippen LogP contribution in [-0.2, 0) is 0 Å². The van der Waals surface area contributed by atoms with Crippen molar-refractivity contribution in [2.75, 3.05) is 6.54 Å². The van der Waals surface area contributed by atoms with E-state index in [9.17, 15) is 22.4 Å². The Kier molecular flexibility index (Phi) is 4.61. The van der Waals surface area contributed by atoms with Gasteiger partial charge >= 0.3 is 12.3 Å². The van der Waals surface area contributed by atoms with Crippen molar-refractivity contribution in [3.05, 3.63) is 29.3 Å². The highest BCUT2D eigenvalue weighted by Crippen LogP contribution is 2.22. The van der Waals surface area contributed by atoms with E-state index in [1.54, 1.807) is 24.4 Å². The lowest BCUT2D eigenvalue weighted by atomic mass is 10.1. The van der Waals surface area contributed by atoms with Gasteiger partial charge in [0.1, 0.15) is 0 Å². The van der Waals surface area contributed by atoms with E-state index in [2.05, 4.69) is 12.6 Å². The Balaban J connectivity index is 2.75. The summed E-state index contributed by atoms with van der Waals surface area (Å²) in [5.41, 5.74) is 0.679. The molecule has 0 heterocycles. The van der Waals surface area contributed by atoms with E-state index >= 15 is 0 Å². The third-order valence-corrected chi connectivity index (χ3v) is 2.55. The van der Waals surface area contributed by atoms with Crippen LogP contribution in [-0.4, -0.2) is 24.8 Å². The van der Waals surface area contributed by atoms with E-state index in [4.69, 9.17) is 0 Å². The average molecular weight is 281 g/mol. The summed E-state index contributed by atoms with van der Waals surface area (Å²) in [7, 11) is 0. The monoisotopic (exact) mass is 281 g/mol. The zero-order valence-corrected chi connectivity index (χ0v) is 10.3. The topological polar surface area (TPSA) is 29.1 Å². The number of aryl methyl sites for hydroxylation is 1. The number of benzene rings is 1. The molecule has 2 nitrogen and oxygen atoms in total. The van der Waals surface area contributed by atoms with Crippen LogP contribution in [0.1, 0.15) is 15.9 Å². The number of amides is 1. The summed E-state index contributed by atoms with van der Waals surface area (Å²) in [6.45, 7) is 0.202. The lowest BCUT2D eigenvalue weighted by Gasteiger charge is -2.16. The Hall–Kier alpha value is -1.24. The summed E-state index contributed by atoms with van der Waals surface area (Å²) in [5.74, 6) is -5.06. The van der Waals surface area contributed by atoms with Gasteiger partial charge < -0.3 is 5.32 Å². The first-order chi connectivity index (χ1) is 8.24. The second kappa shape index (κ2) is 5.60. The molecule has 0 fully saturated rings. The second-order valence-electron chi connectivity index (χ2n) is 3.74. The van der Waals surface area contributed by atoms with Gasteiger partial charge in [0.2, 0.25) is 0 Å². The second-order valence-corrected chi connectivity index (χ2v) is 4.26. The molecule has 0 bridgehead atoms. The third kappa shape index (κ3) is 3.63. The van der Waals surface area contributed by atoms with Crippen LogP contribution < -0.4 is 5.32 Å². The standard InChI is InChI=1S/C11H11F4NOS/c1-6-2-3-7(18)4-8(6)9(17)16-5-11(14,15)10(12)13/h2-4,10,18H,5H2,1H3,(H,16,17). The van der Waals surface area contributed by atoms with E-state index in [1.807, 2.05) is 0 Å². The number of hydrogen-bond acceptors (Lipinski definition) is 2. The van der Waals surface area contributed by atoms with Crippen LogP contribution in [0.2, 0.25) is 0 Å². The molecule has 0 atom stereocenters. The maximum Gasteiger partial charge on any atom is 0.324 e. The molecule has 100 valence electrons. The summed E-state index contributed by atoms with van der Waals surface area (Å²) >= 11 is 4.01. The van der Waals surface area contributed by atoms with Crippen LogP contribution in [0.3, 0.4) is 0 Å². The molecule has 1 N–H and O–H groups in total. The number of thiol groups is 1. The predicted octanol–water partition coefficient (Wildman–Crippen LogP) is 2.91. The molecular formula is C11H11F4NOS. The van der Waals surface area contributed by atoms with E-state index in [0.717, 1.165) is 0 Å². The van der Waals surface area contributed by atoms with Crippen LogP contribution in [0, 0.1) is 6.92 Å². The molecule has 1 aromatic carbocycles. The Morgan fingerprint density at radius 1 is 1.44 bits per heavy atom. The van der Waals surface area contributed by atoms with Gasteiger partial charge in [-0.2, -0.15) is 8.78 Å². The summed E-state index contributed by atoms with van der Waals surface area (Å²) < 4.78 is 49.0. The SMILES string of the molecule is Cc1ccc(S)cc1C(=O)NCC(F)(F)C(F)F. The van der Waals surface area contributed by atoms with Crippen molar-refractivity contribution in [2.24, 2.45) is 0 Å². The van der Waals surface area contributed by atoms with Gasteiger partial charge in [-0.3, -0.25) is 4.79 Å². The number of alkyl halides is 4. The molecule has 1 rings (SSSR count). The molecule has 1 aromatic rings. The summed E-state index contributed by atoms with van der Waals surface area (Å²) in [6.07, 6.45) is -3.81. The van der Waals surface area contributed by atoms with E-state index in [0.29, 0.717) is 10.5 Å². The number of halogens is 4. The van der Waals surface area contributed by atoms with E-state index in [1.165, 1.54) is 6.07 Å². The average Bonchev–Trinajstić information content (AvgIpc) is 2.29. The Bertz CT molecular complexity index is 451. The van der Waals surface area contributed by atoms with Crippen molar-refractivity contribution in [1.29, 1.82) is 0 Å². The normalized spacial score (nSPS) is 11.7. The van der Waals surface area contributed by atoms with Crippen LogP contribution in [0.5, 0.6) is 0 Å². The molecule has 7 heteroatoms. The number of rotatable bonds is 4. The van der Waals surface area contributed by atoms with Crippen molar-refractivity contribution in [3.8, 4) is 0 Å². The molecule has 0 saturated carbocycles. The maximum atomic E-state index is 12.6. The number of carbonyl (C=O) groups is 1. The number of nitrogens with one attached hydrogen (secondary N) is 1. The van der Waals surface area contributed by atoms with E-state index in [-0.39, 0.29) is 5.56 Å². The van der Waals surface area contributed by atoms with Crippen molar-refractivity contribution in [3.63, 3.8) is 0 Å². The molecule has 0 aromatic heterocycles. The fourth-order valence-corrected chi connectivity index (χ4v) is 1.43. The fraction of sp³-hybridized carbons (Fsp3) is 0.364. The molecule has 0 aliphatic rings. The first kappa shape index (κ1) is 14.8. The predicted molar refractivity (Wildman–Crippen MR) is 61.7 cm³/mol. The molecule has 0 aliphatic carbocycles. The Morgan fingerprint density at radius 3 is 2.61 bits per heavy atom. The minimum Gasteiger partial charge on any atom is -0.346 e. The Morgan fingerprint density at radius 2 is 2.06 bits per heavy atom. The molecule has 1 amide bonds. The maximum absolute atomic E-state index is 12.6. The summed E-state index contributed by atoms with van der Waals surface area (Å²) in [4.78, 5) is 12.0. The van der Waals surface area contributed by atoms with Gasteiger partial charge in [0.05, 0.1) is 6.54 Å². The largest absolute Gasteiger partial charge is 0.346 e. The molecule has 0 saturated heterocycles. The lowest BCUT2D eigenvalue weighted by molar-refractivity contribution is -0.123. The van der Waals surface area contributed by atoms with Gasteiger partial charge in [-0.25, -0.2) is 8.78 Å². The highest BCUT2D eigenvalue weighted by atomic mass is 32.1. The van der Waals surface area contributed by atoms with Gasteiger partial charge in [0.25, 0.3) is 5.91 Å². The Labute approximate surface area is 107 Å². The quantitative estimate of drug-likeness (QED) is 0.645. The zero-order valence-electron chi connectivity index (χ0n) is 9.38. The van der Waals surface area contributed by atoms with Crippen molar-refractivity contribution in [2.45, 2.75) is 24.2 Å². The number of hydrogen-bond donors (Lipinski definition) is 2. The zero-order chi connectivity index (χ0) is 13.9. The van der Waals surface area contributed by atoms with Crippen LogP contribution in [0.15, 0.2) is 23.1 Å². The van der Waals surface area contributed by atoms with Crippen LogP contribution in [0.4, 0.5) is 17.6 Å². The van der Waals surface area contributed by atoms with Crippen LogP contribution >= 0.6 is 12.6 Å². The van der Waals surface area contributed by atoms with Gasteiger partial charge in [0, 0.05) is 10.5 Å². The first-order valence-corrected chi connectivity index (χ1v) is 5.42. The minimum absolute atomic E-state index is 0.132. The molecule has 0 aliphatic heterocycles. The van der Waals surface area contributed by atoms with Crippen molar-refractivity contribution < 1.29 is 22.4 Å². The van der Waals surface area contributed by atoms with Gasteiger partial charge in [-0.05, 0) is 24.6 Å². The summed E-state index contributed by atoms with van der Waals surface area (Å²) in [6, 6.07) is 4.60. The van der Waals surface area contributed by atoms with Crippen molar-refractivity contribution in [1.82, 2.24) is 5.32 Å². The van der Waals surface area contributed by atoms with Crippen LogP contribution in [0.25, 0.3) is 0 Å². The number of carbonyl (C=O) groups excluding carboxylic acids is 1. The first-order valence-electron chi connectivity index (χ1n) is 4.98. The fourth-order valence-electron chi connectivity index (χ4n) is 1.23. The molecule has 0 unspecified atom stereocenters. The highest BCUT2D eigenvalue weighted by Gasteiger charge is 2.40. The van der Waals surface area contributed by atoms with Gasteiger partial charge in [-0.15, -0.1) is 12.6 Å². The summed E-state index contributed by atoms with van der Waals surface area (Å²) in [5, 5.41) is 1.79. The molecule has 0 radical (unpaired) electrons. The lowest BCUT2D eigenvalue weighted by Crippen LogP contribution is -2.41. The molecule has 18 heavy (non-hydrogen) atoms.